The number of hydrogen-bond acceptors (Lipinski definition) is 11. The Bertz CT molecular complexity index is 1960. The number of esters is 2. The molecule has 2 aromatic rings. The van der Waals surface area contributed by atoms with Crippen molar-refractivity contribution < 1.29 is 38.1 Å². The van der Waals surface area contributed by atoms with Crippen molar-refractivity contribution in [1.82, 2.24) is 15.1 Å². The van der Waals surface area contributed by atoms with Crippen LogP contribution >= 0.6 is 0 Å². The van der Waals surface area contributed by atoms with Crippen LogP contribution in [0.25, 0.3) is 0 Å². The maximum atomic E-state index is 13.8. The second-order valence-electron chi connectivity index (χ2n) is 17.7. The Balaban J connectivity index is 1.21. The fourth-order valence-corrected chi connectivity index (χ4v) is 11.5. The zero-order chi connectivity index (χ0) is 40.7. The maximum absolute atomic E-state index is 13.8. The summed E-state index contributed by atoms with van der Waals surface area (Å²) in [6.45, 7) is 5.46. The van der Waals surface area contributed by atoms with Gasteiger partial charge < -0.3 is 29.0 Å². The Kier molecular flexibility index (Phi) is 11.9. The third kappa shape index (κ3) is 7.53. The van der Waals surface area contributed by atoms with Crippen molar-refractivity contribution in [2.24, 2.45) is 11.8 Å². The average Bonchev–Trinajstić information content (AvgIpc) is 3.71. The van der Waals surface area contributed by atoms with E-state index in [0.717, 1.165) is 53.5 Å². The van der Waals surface area contributed by atoms with Crippen molar-refractivity contribution >= 4 is 17.8 Å². The first-order valence-electron chi connectivity index (χ1n) is 21.8. The summed E-state index contributed by atoms with van der Waals surface area (Å²) in [6.07, 6.45) is 15.4. The summed E-state index contributed by atoms with van der Waals surface area (Å²) in [5.41, 5.74) is 5.01. The summed E-state index contributed by atoms with van der Waals surface area (Å²) in [6, 6.07) is 2.82. The van der Waals surface area contributed by atoms with E-state index in [1.807, 2.05) is 13.8 Å². The van der Waals surface area contributed by atoms with Crippen molar-refractivity contribution in [3.8, 4) is 34.8 Å². The maximum Gasteiger partial charge on any atom is 0.311 e. The van der Waals surface area contributed by atoms with Crippen molar-refractivity contribution in [1.29, 1.82) is 5.26 Å². The molecule has 312 valence electrons. The Morgan fingerprint density at radius 3 is 2.19 bits per heavy atom. The molecule has 8 rings (SSSR count). The van der Waals surface area contributed by atoms with Crippen molar-refractivity contribution in [2.75, 3.05) is 27.5 Å². The molecule has 58 heavy (non-hydrogen) atoms. The summed E-state index contributed by atoms with van der Waals surface area (Å²) < 4.78 is 30.8. The number of nitriles is 1. The van der Waals surface area contributed by atoms with Crippen LogP contribution in [-0.2, 0) is 27.2 Å². The number of nitrogens with zero attached hydrogens (tertiary/aromatic N) is 3. The van der Waals surface area contributed by atoms with Gasteiger partial charge >= 0.3 is 11.9 Å². The van der Waals surface area contributed by atoms with Crippen LogP contribution in [0, 0.1) is 37.0 Å². The van der Waals surface area contributed by atoms with E-state index < -0.39 is 18.1 Å². The summed E-state index contributed by atoms with van der Waals surface area (Å²) >= 11 is 0. The number of ether oxygens (including phenoxy) is 5. The first-order chi connectivity index (χ1) is 28.1. The first-order valence-corrected chi connectivity index (χ1v) is 21.8. The van der Waals surface area contributed by atoms with Crippen LogP contribution in [0.1, 0.15) is 142 Å². The van der Waals surface area contributed by atoms with Gasteiger partial charge in [0.2, 0.25) is 12.7 Å². The summed E-state index contributed by atoms with van der Waals surface area (Å²) in [5.74, 6) is 2.82. The van der Waals surface area contributed by atoms with Gasteiger partial charge in [0, 0.05) is 60.6 Å². The third-order valence-electron chi connectivity index (χ3n) is 14.2. The second-order valence-corrected chi connectivity index (χ2v) is 17.7. The minimum Gasteiger partial charge on any atom is -0.493 e. The molecule has 1 amide bonds. The van der Waals surface area contributed by atoms with Gasteiger partial charge in [-0.05, 0) is 69.5 Å². The standard InChI is InChI=1S/C46H60N4O8/c1-26-20-31-21-33-35(23-47)50-34(41(49(33)4)39(31)46(42(26)54-5)58-38(53)19-17-30-14-10-7-11-15-30)22-32-40(45-44(55-25-56-45)27(2)43(32)57-28(3)51)36(50)24-48-37(52)18-16-29-12-8-6-9-13-29/h20,29-30,33-36,41H,6-19,21-22,24-25H2,1-5H3,(H,48,52)/t33?,34-,35-,36-,41?/m0/s1. The molecule has 2 aromatic carbocycles. The molecule has 12 nitrogen and oxygen atoms in total. The van der Waals surface area contributed by atoms with E-state index >= 15 is 0 Å². The number of nitrogens with one attached hydrogen (secondary N) is 1. The SMILES string of the molecule is COc1c(C)cc2c(c1OC(=O)CCC1CCCCC1)C1[C@@H]3Cc4c(OC(C)=O)c(C)c5c(c4[C@H](CNC(=O)CCC4CCCCC4)N3[C@@H](C#N)C(C2)N1C)OCO5. The van der Waals surface area contributed by atoms with E-state index in [0.29, 0.717) is 71.8 Å². The lowest BCUT2D eigenvalue weighted by molar-refractivity contribution is -0.135. The topological polar surface area (TPSA) is 140 Å². The largest absolute Gasteiger partial charge is 0.493 e. The highest BCUT2D eigenvalue weighted by Crippen LogP contribution is 2.58. The number of benzene rings is 2. The lowest BCUT2D eigenvalue weighted by atomic mass is 9.71. The Morgan fingerprint density at radius 1 is 0.862 bits per heavy atom. The monoisotopic (exact) mass is 796 g/mol. The number of amides is 1. The predicted molar refractivity (Wildman–Crippen MR) is 216 cm³/mol. The van der Waals surface area contributed by atoms with Crippen molar-refractivity contribution in [3.63, 3.8) is 0 Å². The molecule has 0 aromatic heterocycles. The fourth-order valence-electron chi connectivity index (χ4n) is 11.5. The van der Waals surface area contributed by atoms with Crippen LogP contribution in [-0.4, -0.2) is 73.3 Å². The zero-order valence-corrected chi connectivity index (χ0v) is 35.0. The number of aryl methyl sites for hydroxylation is 1. The van der Waals surface area contributed by atoms with E-state index in [9.17, 15) is 19.6 Å². The number of hydrogen-bond donors (Lipinski definition) is 1. The molecule has 2 unspecified atom stereocenters. The number of fused-ring (bicyclic) bond motifs is 9. The molecule has 1 saturated heterocycles. The van der Waals surface area contributed by atoms with Gasteiger partial charge in [-0.2, -0.15) is 5.26 Å². The summed E-state index contributed by atoms with van der Waals surface area (Å²) in [5, 5.41) is 14.4. The van der Waals surface area contributed by atoms with E-state index in [2.05, 4.69) is 34.3 Å². The van der Waals surface area contributed by atoms with Crippen LogP contribution in [0.5, 0.6) is 28.7 Å². The van der Waals surface area contributed by atoms with E-state index in [1.165, 1.54) is 58.3 Å². The first kappa shape index (κ1) is 40.4. The molecule has 2 bridgehead atoms. The normalized spacial score (nSPS) is 25.5. The van der Waals surface area contributed by atoms with Crippen LogP contribution in [0.15, 0.2) is 6.07 Å². The van der Waals surface area contributed by atoms with Gasteiger partial charge in [0.25, 0.3) is 0 Å². The van der Waals surface area contributed by atoms with Crippen molar-refractivity contribution in [2.45, 2.75) is 154 Å². The van der Waals surface area contributed by atoms with Gasteiger partial charge in [0.15, 0.2) is 23.0 Å². The molecular weight excluding hydrogens is 737 g/mol. The van der Waals surface area contributed by atoms with Gasteiger partial charge in [0.05, 0.1) is 25.3 Å². The highest BCUT2D eigenvalue weighted by molar-refractivity contribution is 5.77. The molecule has 5 atom stereocenters. The van der Waals surface area contributed by atoms with Gasteiger partial charge in [-0.1, -0.05) is 70.3 Å². The van der Waals surface area contributed by atoms with E-state index in [-0.39, 0.29) is 43.3 Å². The lowest BCUT2D eigenvalue weighted by Crippen LogP contribution is -2.68. The molecule has 0 spiro atoms. The Hall–Kier alpha value is -4.34. The van der Waals surface area contributed by atoms with Gasteiger partial charge in [-0.15, -0.1) is 0 Å². The lowest BCUT2D eigenvalue weighted by Gasteiger charge is -2.60. The summed E-state index contributed by atoms with van der Waals surface area (Å²) in [7, 11) is 3.67. The molecule has 2 aliphatic carbocycles. The molecule has 6 aliphatic rings. The number of methoxy groups -OCH3 is 1. The quantitative estimate of drug-likeness (QED) is 0.179. The molecule has 3 fully saturated rings. The zero-order valence-electron chi connectivity index (χ0n) is 35.0. The molecule has 0 radical (unpaired) electrons. The minimum absolute atomic E-state index is 0.00763. The second kappa shape index (κ2) is 17.1. The number of piperazine rings is 1. The van der Waals surface area contributed by atoms with Crippen LogP contribution in [0.3, 0.4) is 0 Å². The van der Waals surface area contributed by atoms with Gasteiger partial charge in [-0.25, -0.2) is 0 Å². The fraction of sp³-hybridized carbons (Fsp3) is 0.652. The van der Waals surface area contributed by atoms with E-state index in [4.69, 9.17) is 23.7 Å². The molecular formula is C46H60N4O8. The molecule has 4 aliphatic heterocycles. The van der Waals surface area contributed by atoms with Crippen LogP contribution in [0.4, 0.5) is 0 Å². The predicted octanol–water partition coefficient (Wildman–Crippen LogP) is 7.48. The van der Waals surface area contributed by atoms with Crippen LogP contribution < -0.4 is 29.0 Å². The highest BCUT2D eigenvalue weighted by Gasteiger charge is 2.57. The summed E-state index contributed by atoms with van der Waals surface area (Å²) in [4.78, 5) is 44.8. The third-order valence-corrected chi connectivity index (χ3v) is 14.2. The molecule has 12 heteroatoms. The number of rotatable bonds is 11. The molecule has 2 saturated carbocycles. The van der Waals surface area contributed by atoms with Gasteiger partial charge in [0.1, 0.15) is 11.8 Å². The number of likely N-dealkylation sites (N-methyl/N-ethyl adjacent to an activating group) is 1. The van der Waals surface area contributed by atoms with Crippen LogP contribution in [0.2, 0.25) is 0 Å². The molecule has 4 heterocycles. The highest BCUT2D eigenvalue weighted by atomic mass is 16.7. The van der Waals surface area contributed by atoms with Crippen molar-refractivity contribution in [3.05, 3.63) is 39.4 Å². The average molecular weight is 797 g/mol. The number of carbonyl (C=O) groups excluding carboxylic acids is 3. The van der Waals surface area contributed by atoms with E-state index in [1.54, 1.807) is 7.11 Å². The van der Waals surface area contributed by atoms with Gasteiger partial charge in [-0.3, -0.25) is 24.2 Å². The Morgan fingerprint density at radius 2 is 1.53 bits per heavy atom. The Labute approximate surface area is 342 Å². The molecule has 1 N–H and O–H groups in total. The number of carbonyl (C=O) groups is 3. The minimum atomic E-state index is -0.572. The smallest absolute Gasteiger partial charge is 0.311 e.